The molecular weight excluding hydrogens is 386 g/mol. The average molecular weight is 406 g/mol. The number of terminal acetylenes is 1. The molecule has 0 spiro atoms. The van der Waals surface area contributed by atoms with Crippen LogP contribution in [0.15, 0.2) is 12.1 Å². The van der Waals surface area contributed by atoms with Gasteiger partial charge >= 0.3 is 18.3 Å². The Morgan fingerprint density at radius 2 is 1.50 bits per heavy atom. The summed E-state index contributed by atoms with van der Waals surface area (Å²) in [5.41, 5.74) is -3.72. The summed E-state index contributed by atoms with van der Waals surface area (Å²) < 4.78 is 85.0. The molecule has 2 unspecified atom stereocenters. The predicted octanol–water partition coefficient (Wildman–Crippen LogP) is 5.29. The van der Waals surface area contributed by atoms with E-state index in [4.69, 9.17) is 11.2 Å². The topological polar surface area (TPSA) is 26.3 Å². The number of hydrogen-bond acceptors (Lipinski definition) is 2. The number of benzene rings is 1. The largest absolute Gasteiger partial charge is 0.461 e. The highest BCUT2D eigenvalue weighted by atomic mass is 19.4. The lowest BCUT2D eigenvalue weighted by Gasteiger charge is -2.23. The Morgan fingerprint density at radius 3 is 1.86 bits per heavy atom. The van der Waals surface area contributed by atoms with Gasteiger partial charge in [-0.3, -0.25) is 4.79 Å². The van der Waals surface area contributed by atoms with E-state index in [0.717, 1.165) is 5.56 Å². The highest BCUT2D eigenvalue weighted by Crippen LogP contribution is 2.80. The first-order valence-corrected chi connectivity index (χ1v) is 8.45. The Morgan fingerprint density at radius 1 is 1.07 bits per heavy atom. The zero-order valence-corrected chi connectivity index (χ0v) is 15.8. The van der Waals surface area contributed by atoms with E-state index >= 15 is 0 Å². The Hall–Kier alpha value is -2.17. The molecule has 1 fully saturated rings. The zero-order chi connectivity index (χ0) is 21.7. The molecule has 2 rings (SSSR count). The summed E-state index contributed by atoms with van der Waals surface area (Å²) in [7, 11) is 0. The highest BCUT2D eigenvalue weighted by Gasteiger charge is 2.93. The molecule has 2 atom stereocenters. The van der Waals surface area contributed by atoms with Gasteiger partial charge in [0.15, 0.2) is 0 Å². The number of esters is 1. The Labute approximate surface area is 159 Å². The first kappa shape index (κ1) is 22.1. The SMILES string of the molecule is C#CCc1cc(C)c(COC(=O)C2C(C)(C(F)(F)F)C2(C)C(F)(F)F)c(C)c1. The van der Waals surface area contributed by atoms with Crippen LogP contribution in [0.3, 0.4) is 0 Å². The minimum Gasteiger partial charge on any atom is -0.461 e. The van der Waals surface area contributed by atoms with E-state index < -0.39 is 41.7 Å². The molecule has 1 aliphatic carbocycles. The van der Waals surface area contributed by atoms with Gasteiger partial charge in [-0.2, -0.15) is 26.3 Å². The Bertz CT molecular complexity index is 784. The normalized spacial score (nSPS) is 27.2. The second kappa shape index (κ2) is 6.71. The maximum atomic E-state index is 13.3. The zero-order valence-electron chi connectivity index (χ0n) is 15.8. The summed E-state index contributed by atoms with van der Waals surface area (Å²) in [5.74, 6) is -1.38. The predicted molar refractivity (Wildman–Crippen MR) is 90.1 cm³/mol. The Kier molecular flexibility index (Phi) is 5.30. The number of halogens is 6. The fourth-order valence-electron chi connectivity index (χ4n) is 3.94. The van der Waals surface area contributed by atoms with E-state index in [2.05, 4.69) is 5.92 Å². The van der Waals surface area contributed by atoms with Crippen LogP contribution in [-0.4, -0.2) is 18.3 Å². The minimum atomic E-state index is -5.20. The summed E-state index contributed by atoms with van der Waals surface area (Å²) in [5, 5.41) is 0. The van der Waals surface area contributed by atoms with Crippen molar-refractivity contribution < 1.29 is 35.9 Å². The van der Waals surface area contributed by atoms with E-state index in [0.29, 0.717) is 37.0 Å². The molecule has 154 valence electrons. The van der Waals surface area contributed by atoms with Crippen LogP contribution in [0.1, 0.15) is 36.1 Å². The van der Waals surface area contributed by atoms with Gasteiger partial charge in [0.25, 0.3) is 0 Å². The van der Waals surface area contributed by atoms with E-state index in [1.165, 1.54) is 0 Å². The maximum Gasteiger partial charge on any atom is 0.395 e. The van der Waals surface area contributed by atoms with Crippen molar-refractivity contribution in [2.45, 2.75) is 53.1 Å². The van der Waals surface area contributed by atoms with Gasteiger partial charge in [0, 0.05) is 6.42 Å². The van der Waals surface area contributed by atoms with Crippen molar-refractivity contribution in [1.29, 1.82) is 0 Å². The average Bonchev–Trinajstić information content (AvgIpc) is 3.06. The fourth-order valence-corrected chi connectivity index (χ4v) is 3.94. The molecule has 0 bridgehead atoms. The summed E-state index contributed by atoms with van der Waals surface area (Å²) in [6.07, 6.45) is -4.78. The molecule has 0 heterocycles. The van der Waals surface area contributed by atoms with Crippen molar-refractivity contribution >= 4 is 5.97 Å². The van der Waals surface area contributed by atoms with Crippen LogP contribution in [0, 0.1) is 42.9 Å². The molecule has 0 radical (unpaired) electrons. The second-order valence-corrected chi connectivity index (χ2v) is 7.53. The van der Waals surface area contributed by atoms with Crippen molar-refractivity contribution in [3.05, 3.63) is 34.4 Å². The van der Waals surface area contributed by atoms with Gasteiger partial charge < -0.3 is 4.74 Å². The van der Waals surface area contributed by atoms with Gasteiger partial charge in [-0.05, 0) is 49.9 Å². The summed E-state index contributed by atoms with van der Waals surface area (Å²) in [4.78, 5) is 12.2. The van der Waals surface area contributed by atoms with Crippen molar-refractivity contribution in [3.8, 4) is 12.3 Å². The third-order valence-corrected chi connectivity index (χ3v) is 5.98. The van der Waals surface area contributed by atoms with E-state index in [1.807, 2.05) is 0 Å². The number of ether oxygens (including phenoxy) is 1. The molecule has 1 aromatic rings. The molecule has 2 nitrogen and oxygen atoms in total. The highest BCUT2D eigenvalue weighted by molar-refractivity contribution is 5.80. The third kappa shape index (κ3) is 3.15. The van der Waals surface area contributed by atoms with Crippen molar-refractivity contribution in [2.75, 3.05) is 0 Å². The van der Waals surface area contributed by atoms with Crippen LogP contribution >= 0.6 is 0 Å². The van der Waals surface area contributed by atoms with E-state index in [1.54, 1.807) is 26.0 Å². The molecule has 1 aromatic carbocycles. The van der Waals surface area contributed by atoms with Crippen LogP contribution in [0.25, 0.3) is 0 Å². The van der Waals surface area contributed by atoms with Crippen molar-refractivity contribution in [3.63, 3.8) is 0 Å². The lowest BCUT2D eigenvalue weighted by molar-refractivity contribution is -0.245. The quantitative estimate of drug-likeness (QED) is 0.386. The molecule has 0 amide bonds. The van der Waals surface area contributed by atoms with Gasteiger partial charge in [0.2, 0.25) is 0 Å². The number of carbonyl (C=O) groups is 1. The summed E-state index contributed by atoms with van der Waals surface area (Å²) >= 11 is 0. The summed E-state index contributed by atoms with van der Waals surface area (Å²) in [6.45, 7) is 3.82. The monoisotopic (exact) mass is 406 g/mol. The van der Waals surface area contributed by atoms with Crippen molar-refractivity contribution in [2.24, 2.45) is 16.7 Å². The van der Waals surface area contributed by atoms with Crippen LogP contribution in [-0.2, 0) is 22.6 Å². The first-order valence-electron chi connectivity index (χ1n) is 8.45. The molecule has 1 saturated carbocycles. The number of rotatable bonds is 4. The molecule has 0 aromatic heterocycles. The number of hydrogen-bond donors (Lipinski definition) is 0. The molecule has 0 saturated heterocycles. The maximum absolute atomic E-state index is 13.3. The van der Waals surface area contributed by atoms with Gasteiger partial charge in [-0.15, -0.1) is 12.3 Å². The lowest BCUT2D eigenvalue weighted by atomic mass is 9.95. The minimum absolute atomic E-state index is 0.373. The molecule has 0 aliphatic heterocycles. The molecule has 0 N–H and O–H groups in total. The standard InChI is InChI=1S/C20H20F6O2/c1-6-7-13-8-11(2)14(12(3)9-13)10-28-16(27)15-17(4,19(21,22)23)18(15,5)20(24,25)26/h1,8-9,15H,7,10H2,2-5H3. The van der Waals surface area contributed by atoms with E-state index in [-0.39, 0.29) is 0 Å². The fraction of sp³-hybridized carbons (Fsp3) is 0.550. The van der Waals surface area contributed by atoms with E-state index in [9.17, 15) is 31.1 Å². The summed E-state index contributed by atoms with van der Waals surface area (Å²) in [6, 6.07) is 3.49. The van der Waals surface area contributed by atoms with Gasteiger partial charge in [-0.25, -0.2) is 0 Å². The second-order valence-electron chi connectivity index (χ2n) is 7.53. The van der Waals surface area contributed by atoms with Gasteiger partial charge in [0.1, 0.15) is 6.61 Å². The third-order valence-electron chi connectivity index (χ3n) is 5.98. The number of aryl methyl sites for hydroxylation is 2. The number of carbonyl (C=O) groups excluding carboxylic acids is 1. The van der Waals surface area contributed by atoms with Gasteiger partial charge in [0.05, 0.1) is 16.7 Å². The molecular formula is C20H20F6O2. The smallest absolute Gasteiger partial charge is 0.395 e. The molecule has 1 aliphatic rings. The molecule has 28 heavy (non-hydrogen) atoms. The number of alkyl halides is 6. The van der Waals surface area contributed by atoms with Gasteiger partial charge in [-0.1, -0.05) is 12.1 Å². The molecule has 8 heteroatoms. The first-order chi connectivity index (χ1) is 12.6. The van der Waals surface area contributed by atoms with Crippen LogP contribution in [0.2, 0.25) is 0 Å². The lowest BCUT2D eigenvalue weighted by Crippen LogP contribution is -2.35. The van der Waals surface area contributed by atoms with Crippen molar-refractivity contribution in [1.82, 2.24) is 0 Å². The van der Waals surface area contributed by atoms with Crippen LogP contribution in [0.5, 0.6) is 0 Å². The van der Waals surface area contributed by atoms with Crippen LogP contribution in [0.4, 0.5) is 26.3 Å². The Balaban J connectivity index is 2.26. The van der Waals surface area contributed by atoms with Crippen LogP contribution < -0.4 is 0 Å².